The number of fused-ring (bicyclic) bond motifs is 4. The molecule has 0 radical (unpaired) electrons. The zero-order valence-corrected chi connectivity index (χ0v) is 45.9. The lowest BCUT2D eigenvalue weighted by molar-refractivity contribution is -0.270. The number of imide groups is 1. The highest BCUT2D eigenvalue weighted by Crippen LogP contribution is 2.47. The molecule has 10 N–H and O–H groups in total. The lowest BCUT2D eigenvalue weighted by atomic mass is 9.89. The van der Waals surface area contributed by atoms with E-state index in [-0.39, 0.29) is 97.9 Å². The highest BCUT2D eigenvalue weighted by atomic mass is 35.5. The van der Waals surface area contributed by atoms with E-state index in [0.29, 0.717) is 76.3 Å². The molecule has 3 aliphatic heterocycles. The predicted molar refractivity (Wildman–Crippen MR) is 300 cm³/mol. The van der Waals surface area contributed by atoms with E-state index in [0.717, 1.165) is 10.5 Å². The van der Waals surface area contributed by atoms with Crippen LogP contribution in [0.1, 0.15) is 95.8 Å². The van der Waals surface area contributed by atoms with Gasteiger partial charge in [-0.3, -0.25) is 38.5 Å². The van der Waals surface area contributed by atoms with Crippen LogP contribution in [-0.2, 0) is 46.3 Å². The number of ether oxygens (including phenoxy) is 2. The summed E-state index contributed by atoms with van der Waals surface area (Å²) >= 11 is 6.53. The average molecular weight is 1150 g/mol. The fourth-order valence-corrected chi connectivity index (χ4v) is 10.9. The third-order valence-electron chi connectivity index (χ3n) is 15.1. The number of urea groups is 1. The number of aliphatic carboxylic acids is 1. The average Bonchev–Trinajstić information content (AvgIpc) is 2.74. The van der Waals surface area contributed by atoms with Gasteiger partial charge in [0.25, 0.3) is 17.7 Å². The summed E-state index contributed by atoms with van der Waals surface area (Å²) in [6.45, 7) is 4.59. The summed E-state index contributed by atoms with van der Waals surface area (Å²) in [4.78, 5) is 121. The number of aromatic amines is 1. The number of benzene rings is 4. The van der Waals surface area contributed by atoms with Crippen molar-refractivity contribution in [3.8, 4) is 5.75 Å². The van der Waals surface area contributed by atoms with Gasteiger partial charge in [0.1, 0.15) is 29.8 Å². The Morgan fingerprint density at radius 2 is 1.50 bits per heavy atom. The number of alkyl halides is 1. The molecule has 0 spiro atoms. The van der Waals surface area contributed by atoms with E-state index in [1.54, 1.807) is 77.7 Å². The van der Waals surface area contributed by atoms with Gasteiger partial charge in [0.2, 0.25) is 18.1 Å². The Bertz CT molecular complexity index is 3270. The maximum absolute atomic E-state index is 14.5. The molecule has 7 amide bonds. The number of hydrogen-bond acceptors (Lipinski definition) is 14. The molecule has 1 saturated heterocycles. The first-order valence-electron chi connectivity index (χ1n) is 27.2. The molecule has 1 fully saturated rings. The van der Waals surface area contributed by atoms with E-state index < -0.39 is 72.4 Å². The minimum atomic E-state index is -1.92. The van der Waals surface area contributed by atoms with Gasteiger partial charge in [-0.25, -0.2) is 9.59 Å². The first kappa shape index (κ1) is 60.1. The number of ketones is 2. The number of nitrogens with zero attached hydrogens (tertiary/aromatic N) is 2. The molecule has 0 aliphatic carbocycles. The molecular formula is C59H66ClN7O15. The first-order chi connectivity index (χ1) is 39.2. The number of carbonyl (C=O) groups excluding carboxylic acids is 8. The molecule has 22 nitrogen and oxygen atoms in total. The smallest absolute Gasteiger partial charge is 0.335 e. The number of nitrogens with two attached hydrogens (primary N) is 1. The summed E-state index contributed by atoms with van der Waals surface area (Å²) in [7, 11) is 0. The van der Waals surface area contributed by atoms with Crippen molar-refractivity contribution in [1.29, 1.82) is 0 Å². The lowest BCUT2D eigenvalue weighted by Gasteiger charge is -2.38. The van der Waals surface area contributed by atoms with Crippen LogP contribution in [-0.4, -0.2) is 152 Å². The van der Waals surface area contributed by atoms with Crippen LogP contribution in [0.4, 0.5) is 10.5 Å². The van der Waals surface area contributed by atoms with Gasteiger partial charge in [0.05, 0.1) is 11.7 Å². The molecule has 1 aromatic heterocycles. The Morgan fingerprint density at radius 1 is 0.817 bits per heavy atom. The van der Waals surface area contributed by atoms with E-state index in [9.17, 15) is 63.6 Å². The number of aromatic nitrogens is 1. The standard InChI is InChI=1S/C59H66ClN7O15/c1-31(2)37(10-5-21-62-47(70)12-7-23-66-48(71)19-20-49(66)72)55(76)65-41(11-6-22-63-59(61)80)45(69)25-32-13-16-34(17-14-32)44(68)26-33-15-18-40-35(24-33)27-42(64-40)56(77)67-30-36(29-60)50-39-9-4-3-8-38(39)46(28-43(50)67)81-58-53(75)51(73)52(74)54(82-58)57(78)79/h3-4,8-9,13-20,24,27-28,31,36-37,41,51-54,58,64,73-75H,5-7,10-12,21-23,25-26,29-30H2,1-2H3,(H,62,70)(H,65,76)(H,78,79)(H3,61,63,80)/t36-,37+,41+,51+,52+,53-,54+,58+/m1/s1. The molecule has 0 bridgehead atoms. The number of carbonyl (C=O) groups is 9. The van der Waals surface area contributed by atoms with Gasteiger partial charge < -0.3 is 61.5 Å². The fraction of sp³-hybridized carbons (Fsp3) is 0.407. The second-order valence-corrected chi connectivity index (χ2v) is 21.4. The summed E-state index contributed by atoms with van der Waals surface area (Å²) in [5, 5.41) is 51.3. The zero-order chi connectivity index (χ0) is 58.9. The van der Waals surface area contributed by atoms with Crippen LogP contribution in [0, 0.1) is 11.8 Å². The molecule has 434 valence electrons. The number of amides is 7. The Hall–Kier alpha value is -8.02. The van der Waals surface area contributed by atoms with Crippen LogP contribution in [0.2, 0.25) is 0 Å². The van der Waals surface area contributed by atoms with Gasteiger partial charge in [-0.15, -0.1) is 11.6 Å². The molecule has 8 rings (SSSR count). The monoisotopic (exact) mass is 1150 g/mol. The van der Waals surface area contributed by atoms with Crippen LogP contribution in [0.15, 0.2) is 91.0 Å². The van der Waals surface area contributed by atoms with Crippen molar-refractivity contribution in [3.63, 3.8) is 0 Å². The molecule has 82 heavy (non-hydrogen) atoms. The molecule has 23 heteroatoms. The Kier molecular flexibility index (Phi) is 19.6. The van der Waals surface area contributed by atoms with Gasteiger partial charge in [-0.2, -0.15) is 0 Å². The van der Waals surface area contributed by atoms with Crippen molar-refractivity contribution >= 4 is 92.1 Å². The number of aliphatic hydroxyl groups is 3. The minimum absolute atomic E-state index is 0.0121. The molecule has 8 atom stereocenters. The number of H-pyrrole nitrogens is 1. The number of primary amides is 1. The second-order valence-electron chi connectivity index (χ2n) is 21.1. The summed E-state index contributed by atoms with van der Waals surface area (Å²) < 4.78 is 11.5. The topological polar surface area (TPSA) is 337 Å². The molecular weight excluding hydrogens is 1080 g/mol. The van der Waals surface area contributed by atoms with Crippen LogP contribution < -0.4 is 31.3 Å². The summed E-state index contributed by atoms with van der Waals surface area (Å²) in [5.74, 6) is -4.49. The summed E-state index contributed by atoms with van der Waals surface area (Å²) in [6.07, 6.45) is -5.04. The number of Topliss-reactive ketones (excluding diaryl/α,β-unsaturated/α-hetero) is 2. The van der Waals surface area contributed by atoms with Gasteiger partial charge in [-0.05, 0) is 78.3 Å². The highest BCUT2D eigenvalue weighted by molar-refractivity contribution is 6.19. The molecule has 3 aliphatic rings. The van der Waals surface area contributed by atoms with Crippen molar-refractivity contribution in [3.05, 3.63) is 119 Å². The van der Waals surface area contributed by atoms with Crippen LogP contribution in [0.25, 0.3) is 21.7 Å². The third-order valence-corrected chi connectivity index (χ3v) is 15.4. The van der Waals surface area contributed by atoms with E-state index in [1.165, 1.54) is 12.2 Å². The van der Waals surface area contributed by atoms with Crippen molar-refractivity contribution in [2.24, 2.45) is 17.6 Å². The van der Waals surface area contributed by atoms with Gasteiger partial charge in [0, 0.05) is 103 Å². The maximum atomic E-state index is 14.5. The zero-order valence-electron chi connectivity index (χ0n) is 45.2. The lowest BCUT2D eigenvalue weighted by Crippen LogP contribution is -2.61. The molecule has 4 aromatic carbocycles. The summed E-state index contributed by atoms with van der Waals surface area (Å²) in [5.41, 5.74) is 8.98. The molecule has 5 aromatic rings. The number of rotatable bonds is 26. The minimum Gasteiger partial charge on any atom is -0.479 e. The van der Waals surface area contributed by atoms with Crippen molar-refractivity contribution in [2.45, 2.75) is 108 Å². The normalized spacial score (nSPS) is 20.2. The third kappa shape index (κ3) is 14.0. The van der Waals surface area contributed by atoms with E-state index in [1.807, 2.05) is 19.9 Å². The maximum Gasteiger partial charge on any atom is 0.335 e. The largest absolute Gasteiger partial charge is 0.479 e. The SMILES string of the molecule is CC(C)[C@H](CCCNC(=O)CCCN1C(=O)C=CC1=O)C(=O)N[C@@H](CCCNC(N)=O)C(=O)Cc1ccc(C(=O)Cc2ccc3[nH]c(C(=O)N4C[C@@H](CCl)c5c4cc(O[C@H]4O[C@H](C(=O)O)[C@@H](O)[C@H](O)[C@H]4O)c4ccccc54)cc3c2)cc1. The summed E-state index contributed by atoms with van der Waals surface area (Å²) in [6, 6.07) is 20.7. The van der Waals surface area contributed by atoms with E-state index in [2.05, 4.69) is 20.9 Å². The number of nitrogens with one attached hydrogen (secondary N) is 4. The number of carboxylic acids is 1. The Morgan fingerprint density at radius 3 is 2.18 bits per heavy atom. The fourth-order valence-electron chi connectivity index (χ4n) is 10.6. The van der Waals surface area contributed by atoms with Gasteiger partial charge in [-0.1, -0.05) is 68.4 Å². The van der Waals surface area contributed by atoms with Crippen LogP contribution in [0.5, 0.6) is 5.75 Å². The number of carboxylic acid groups (broad SMARTS) is 1. The van der Waals surface area contributed by atoms with Gasteiger partial charge in [0.15, 0.2) is 17.7 Å². The first-order valence-corrected chi connectivity index (χ1v) is 27.7. The van der Waals surface area contributed by atoms with Crippen LogP contribution >= 0.6 is 11.6 Å². The van der Waals surface area contributed by atoms with E-state index in [4.69, 9.17) is 26.8 Å². The van der Waals surface area contributed by atoms with Crippen LogP contribution in [0.3, 0.4) is 0 Å². The van der Waals surface area contributed by atoms with E-state index >= 15 is 0 Å². The quantitative estimate of drug-likeness (QED) is 0.0164. The second kappa shape index (κ2) is 26.7. The van der Waals surface area contributed by atoms with Crippen molar-refractivity contribution < 1.29 is 73.1 Å². The highest BCUT2D eigenvalue weighted by Gasteiger charge is 2.48. The predicted octanol–water partition coefficient (Wildman–Crippen LogP) is 3.92. The number of aliphatic hydroxyl groups excluding tert-OH is 3. The Balaban J connectivity index is 0.885. The van der Waals surface area contributed by atoms with Gasteiger partial charge >= 0.3 is 12.0 Å². The number of anilines is 1. The molecule has 0 unspecified atom stereocenters. The van der Waals surface area contributed by atoms with Crippen molar-refractivity contribution in [1.82, 2.24) is 25.8 Å². The van der Waals surface area contributed by atoms with Crippen molar-refractivity contribution in [2.75, 3.05) is 37.0 Å². The number of halogens is 1. The molecule has 4 heterocycles. The number of hydrogen-bond donors (Lipinski definition) is 9. The molecule has 0 saturated carbocycles. The Labute approximate surface area is 476 Å².